The van der Waals surface area contributed by atoms with Crippen LogP contribution in [0.4, 0.5) is 0 Å². The lowest BCUT2D eigenvalue weighted by Gasteiger charge is -2.25. The lowest BCUT2D eigenvalue weighted by atomic mass is 10.00. The van der Waals surface area contributed by atoms with Gasteiger partial charge in [-0.05, 0) is 25.7 Å². The number of piperidine rings is 1. The van der Waals surface area contributed by atoms with Gasteiger partial charge in [-0.3, -0.25) is 19.5 Å². The minimum absolute atomic E-state index is 0.0550. The van der Waals surface area contributed by atoms with E-state index in [1.54, 1.807) is 0 Å². The highest BCUT2D eigenvalue weighted by Crippen LogP contribution is 2.13. The van der Waals surface area contributed by atoms with Crippen molar-refractivity contribution in [3.05, 3.63) is 0 Å². The van der Waals surface area contributed by atoms with Crippen LogP contribution in [0.25, 0.3) is 0 Å². The molecule has 0 radical (unpaired) electrons. The second-order valence-electron chi connectivity index (χ2n) is 6.36. The summed E-state index contributed by atoms with van der Waals surface area (Å²) in [7, 11) is 0. The number of imide groups is 1. The zero-order valence-electron chi connectivity index (χ0n) is 15.6. The summed E-state index contributed by atoms with van der Waals surface area (Å²) in [6, 6.07) is 0. The normalized spacial score (nSPS) is 17.1. The fourth-order valence-corrected chi connectivity index (χ4v) is 2.81. The molecule has 24 heavy (non-hydrogen) atoms. The first kappa shape index (κ1) is 20.5. The number of hydrogen-bond donors (Lipinski definition) is 2. The number of nitrogens with zero attached hydrogens (tertiary/aromatic N) is 2. The Morgan fingerprint density at radius 2 is 1.88 bits per heavy atom. The van der Waals surface area contributed by atoms with Crippen molar-refractivity contribution in [2.45, 2.75) is 65.7 Å². The summed E-state index contributed by atoms with van der Waals surface area (Å²) in [6.07, 6.45) is 6.47. The van der Waals surface area contributed by atoms with Crippen molar-refractivity contribution in [2.24, 2.45) is 10.9 Å². The molecule has 1 atom stereocenters. The number of likely N-dealkylation sites (tertiary alicyclic amines) is 1. The molecule has 1 rings (SSSR count). The molecule has 1 heterocycles. The minimum atomic E-state index is -0.0550. The number of amides is 2. The molecule has 0 aromatic rings. The van der Waals surface area contributed by atoms with Crippen LogP contribution in [0.15, 0.2) is 4.99 Å². The molecular formula is C18H34N4O2. The predicted molar refractivity (Wildman–Crippen MR) is 97.9 cm³/mol. The maximum atomic E-state index is 11.8. The van der Waals surface area contributed by atoms with Crippen LogP contribution in [0.3, 0.4) is 0 Å². The monoisotopic (exact) mass is 338 g/mol. The SMILES string of the molecule is CCCCC(CC)CN=C(NCC)NCCN1C(=O)CCCC1=O. The number of hydrogen-bond acceptors (Lipinski definition) is 3. The third-order valence-electron chi connectivity index (χ3n) is 4.41. The molecule has 138 valence electrons. The molecule has 2 amide bonds. The average molecular weight is 338 g/mol. The summed E-state index contributed by atoms with van der Waals surface area (Å²) >= 11 is 0. The molecule has 0 bridgehead atoms. The van der Waals surface area contributed by atoms with Crippen LogP contribution in [0.2, 0.25) is 0 Å². The predicted octanol–water partition coefficient (Wildman–Crippen LogP) is 2.30. The standard InChI is InChI=1S/C18H34N4O2/c1-4-7-9-15(5-2)14-21-18(19-6-3)20-12-13-22-16(23)10-8-11-17(22)24/h15H,4-14H2,1-3H3,(H2,19,20,21). The molecule has 0 aliphatic carbocycles. The molecule has 1 fully saturated rings. The smallest absolute Gasteiger partial charge is 0.229 e. The summed E-state index contributed by atoms with van der Waals surface area (Å²) < 4.78 is 0. The summed E-state index contributed by atoms with van der Waals surface area (Å²) in [5.74, 6) is 1.27. The number of guanidine groups is 1. The van der Waals surface area contributed by atoms with E-state index in [1.807, 2.05) is 6.92 Å². The summed E-state index contributed by atoms with van der Waals surface area (Å²) in [5, 5.41) is 6.47. The van der Waals surface area contributed by atoms with E-state index in [1.165, 1.54) is 24.2 Å². The number of unbranched alkanes of at least 4 members (excludes halogenated alkanes) is 1. The lowest BCUT2D eigenvalue weighted by molar-refractivity contribution is -0.147. The summed E-state index contributed by atoms with van der Waals surface area (Å²) in [6.45, 7) is 9.01. The van der Waals surface area contributed by atoms with Crippen LogP contribution in [-0.4, -0.2) is 48.9 Å². The van der Waals surface area contributed by atoms with Crippen molar-refractivity contribution in [3.8, 4) is 0 Å². The van der Waals surface area contributed by atoms with Crippen LogP contribution in [0.1, 0.15) is 65.7 Å². The largest absolute Gasteiger partial charge is 0.357 e. The molecule has 2 N–H and O–H groups in total. The van der Waals surface area contributed by atoms with Gasteiger partial charge in [-0.15, -0.1) is 0 Å². The molecule has 0 aromatic heterocycles. The number of carbonyl (C=O) groups is 2. The fraction of sp³-hybridized carbons (Fsp3) is 0.833. The Hall–Kier alpha value is -1.59. The van der Waals surface area contributed by atoms with Crippen LogP contribution >= 0.6 is 0 Å². The highest BCUT2D eigenvalue weighted by molar-refractivity contribution is 5.97. The Morgan fingerprint density at radius 3 is 2.46 bits per heavy atom. The Bertz CT molecular complexity index is 407. The number of rotatable bonds is 10. The first-order valence-electron chi connectivity index (χ1n) is 9.47. The Labute approximate surface area is 146 Å². The average Bonchev–Trinajstić information content (AvgIpc) is 2.57. The van der Waals surface area contributed by atoms with E-state index in [2.05, 4.69) is 29.5 Å². The van der Waals surface area contributed by atoms with E-state index in [4.69, 9.17) is 0 Å². The van der Waals surface area contributed by atoms with Crippen LogP contribution in [0.5, 0.6) is 0 Å². The van der Waals surface area contributed by atoms with E-state index in [0.717, 1.165) is 25.5 Å². The van der Waals surface area contributed by atoms with Gasteiger partial charge in [0.25, 0.3) is 0 Å². The second-order valence-corrected chi connectivity index (χ2v) is 6.36. The first-order valence-corrected chi connectivity index (χ1v) is 9.47. The van der Waals surface area contributed by atoms with Gasteiger partial charge in [-0.25, -0.2) is 0 Å². The topological polar surface area (TPSA) is 73.8 Å². The van der Waals surface area contributed by atoms with Crippen molar-refractivity contribution in [3.63, 3.8) is 0 Å². The van der Waals surface area contributed by atoms with Gasteiger partial charge in [0.05, 0.1) is 0 Å². The van der Waals surface area contributed by atoms with Gasteiger partial charge in [-0.2, -0.15) is 0 Å². The van der Waals surface area contributed by atoms with Gasteiger partial charge in [-0.1, -0.05) is 33.1 Å². The van der Waals surface area contributed by atoms with Crippen molar-refractivity contribution < 1.29 is 9.59 Å². The third-order valence-corrected chi connectivity index (χ3v) is 4.41. The highest BCUT2D eigenvalue weighted by Gasteiger charge is 2.25. The quantitative estimate of drug-likeness (QED) is 0.364. The Balaban J connectivity index is 2.45. The number of carbonyl (C=O) groups excluding carboxylic acids is 2. The molecule has 1 saturated heterocycles. The van der Waals surface area contributed by atoms with Gasteiger partial charge in [0.2, 0.25) is 11.8 Å². The first-order chi connectivity index (χ1) is 11.6. The summed E-state index contributed by atoms with van der Waals surface area (Å²) in [4.78, 5) is 29.6. The molecule has 0 saturated carbocycles. The third kappa shape index (κ3) is 7.32. The van der Waals surface area contributed by atoms with Crippen LogP contribution in [0, 0.1) is 5.92 Å². The van der Waals surface area contributed by atoms with Crippen molar-refractivity contribution in [2.75, 3.05) is 26.2 Å². The molecule has 1 aliphatic heterocycles. The molecule has 0 aromatic carbocycles. The van der Waals surface area contributed by atoms with E-state index in [0.29, 0.717) is 38.3 Å². The fourth-order valence-electron chi connectivity index (χ4n) is 2.81. The van der Waals surface area contributed by atoms with E-state index in [-0.39, 0.29) is 11.8 Å². The van der Waals surface area contributed by atoms with Crippen molar-refractivity contribution in [1.29, 1.82) is 0 Å². The van der Waals surface area contributed by atoms with E-state index in [9.17, 15) is 9.59 Å². The molecule has 6 heteroatoms. The Morgan fingerprint density at radius 1 is 1.17 bits per heavy atom. The maximum Gasteiger partial charge on any atom is 0.229 e. The van der Waals surface area contributed by atoms with Gasteiger partial charge < -0.3 is 10.6 Å². The van der Waals surface area contributed by atoms with E-state index >= 15 is 0 Å². The maximum absolute atomic E-state index is 11.8. The molecule has 6 nitrogen and oxygen atoms in total. The van der Waals surface area contributed by atoms with Crippen molar-refractivity contribution >= 4 is 17.8 Å². The molecule has 1 aliphatic rings. The molecule has 1 unspecified atom stereocenters. The summed E-state index contributed by atoms with van der Waals surface area (Å²) in [5.41, 5.74) is 0. The molecule has 0 spiro atoms. The molecular weight excluding hydrogens is 304 g/mol. The number of nitrogens with one attached hydrogen (secondary N) is 2. The zero-order chi connectivity index (χ0) is 17.8. The van der Waals surface area contributed by atoms with Gasteiger partial charge in [0.15, 0.2) is 5.96 Å². The highest BCUT2D eigenvalue weighted by atomic mass is 16.2. The number of aliphatic imine (C=N–C) groups is 1. The second kappa shape index (κ2) is 11.9. The lowest BCUT2D eigenvalue weighted by Crippen LogP contribution is -2.46. The van der Waals surface area contributed by atoms with E-state index < -0.39 is 0 Å². The van der Waals surface area contributed by atoms with Gasteiger partial charge in [0, 0.05) is 39.0 Å². The Kier molecular flexibility index (Phi) is 10.1. The van der Waals surface area contributed by atoms with Crippen molar-refractivity contribution in [1.82, 2.24) is 15.5 Å². The minimum Gasteiger partial charge on any atom is -0.357 e. The van der Waals surface area contributed by atoms with Gasteiger partial charge in [0.1, 0.15) is 0 Å². The zero-order valence-corrected chi connectivity index (χ0v) is 15.6. The van der Waals surface area contributed by atoms with Gasteiger partial charge >= 0.3 is 0 Å². The van der Waals surface area contributed by atoms with Crippen LogP contribution in [-0.2, 0) is 9.59 Å². The van der Waals surface area contributed by atoms with Crippen LogP contribution < -0.4 is 10.6 Å².